The molecular weight excluding hydrogens is 298 g/mol. The van der Waals surface area contributed by atoms with Crippen LogP contribution in [0.3, 0.4) is 0 Å². The number of H-pyrrole nitrogens is 1. The van der Waals surface area contributed by atoms with Crippen molar-refractivity contribution in [1.82, 2.24) is 29.9 Å². The van der Waals surface area contributed by atoms with Gasteiger partial charge in [0.25, 0.3) is 0 Å². The summed E-state index contributed by atoms with van der Waals surface area (Å²) in [6.07, 6.45) is 3.88. The standard InChI is InChI=1S/C14H17N7O2/c1-21-13-8(7-15-14(17-13)22-2)12(20-21)16-11-6-9(18-19-11)10-4-3-5-23-10/h6-7,10H,3-5H2,1-2H3,(H2,16,18,19,20)/t10-/m1/s1. The number of aryl methyl sites for hydroxylation is 1. The molecule has 1 aliphatic heterocycles. The fourth-order valence-electron chi connectivity index (χ4n) is 2.72. The Morgan fingerprint density at radius 2 is 2.39 bits per heavy atom. The van der Waals surface area contributed by atoms with E-state index in [1.807, 2.05) is 13.1 Å². The van der Waals surface area contributed by atoms with Gasteiger partial charge in [0.1, 0.15) is 0 Å². The zero-order valence-corrected chi connectivity index (χ0v) is 12.9. The van der Waals surface area contributed by atoms with Crippen LogP contribution < -0.4 is 10.1 Å². The van der Waals surface area contributed by atoms with E-state index in [0.717, 1.165) is 30.5 Å². The maximum Gasteiger partial charge on any atom is 0.318 e. The van der Waals surface area contributed by atoms with Crippen LogP contribution in [0.5, 0.6) is 6.01 Å². The van der Waals surface area contributed by atoms with Crippen LogP contribution >= 0.6 is 0 Å². The molecule has 4 heterocycles. The van der Waals surface area contributed by atoms with Gasteiger partial charge in [-0.15, -0.1) is 0 Å². The van der Waals surface area contributed by atoms with E-state index in [1.54, 1.807) is 10.9 Å². The van der Waals surface area contributed by atoms with Crippen LogP contribution in [-0.2, 0) is 11.8 Å². The second kappa shape index (κ2) is 5.51. The Balaban J connectivity index is 1.62. The second-order valence-electron chi connectivity index (χ2n) is 5.40. The second-order valence-corrected chi connectivity index (χ2v) is 5.40. The van der Waals surface area contributed by atoms with Gasteiger partial charge in [-0.25, -0.2) is 9.67 Å². The first-order valence-electron chi connectivity index (χ1n) is 7.42. The summed E-state index contributed by atoms with van der Waals surface area (Å²) in [5.74, 6) is 1.34. The number of rotatable bonds is 4. The molecule has 2 N–H and O–H groups in total. The topological polar surface area (TPSA) is 103 Å². The molecule has 3 aromatic rings. The maximum absolute atomic E-state index is 5.65. The molecule has 9 nitrogen and oxygen atoms in total. The molecule has 0 radical (unpaired) electrons. The zero-order chi connectivity index (χ0) is 15.8. The number of nitrogens with one attached hydrogen (secondary N) is 2. The fourth-order valence-corrected chi connectivity index (χ4v) is 2.72. The first kappa shape index (κ1) is 13.9. The molecule has 9 heteroatoms. The highest BCUT2D eigenvalue weighted by atomic mass is 16.5. The first-order chi connectivity index (χ1) is 11.2. The summed E-state index contributed by atoms with van der Waals surface area (Å²) < 4.78 is 12.4. The van der Waals surface area contributed by atoms with Crippen LogP contribution in [0, 0.1) is 0 Å². The molecule has 1 atom stereocenters. The summed E-state index contributed by atoms with van der Waals surface area (Å²) in [7, 11) is 3.36. The number of hydrogen-bond acceptors (Lipinski definition) is 7. The summed E-state index contributed by atoms with van der Waals surface area (Å²) in [6.45, 7) is 0.802. The van der Waals surface area contributed by atoms with E-state index in [0.29, 0.717) is 23.3 Å². The molecule has 3 aromatic heterocycles. The van der Waals surface area contributed by atoms with Gasteiger partial charge in [0.05, 0.1) is 24.3 Å². The zero-order valence-electron chi connectivity index (χ0n) is 12.9. The van der Waals surface area contributed by atoms with Crippen LogP contribution in [-0.4, -0.2) is 43.7 Å². The number of aromatic nitrogens is 6. The van der Waals surface area contributed by atoms with Gasteiger partial charge in [0.2, 0.25) is 0 Å². The number of ether oxygens (including phenoxy) is 2. The van der Waals surface area contributed by atoms with Crippen molar-refractivity contribution in [3.63, 3.8) is 0 Å². The molecule has 1 fully saturated rings. The Kier molecular flexibility index (Phi) is 3.34. The first-order valence-corrected chi connectivity index (χ1v) is 7.42. The summed E-state index contributed by atoms with van der Waals surface area (Å²) in [4.78, 5) is 8.44. The fraction of sp³-hybridized carbons (Fsp3) is 0.429. The molecule has 0 aromatic carbocycles. The van der Waals surface area contributed by atoms with E-state index < -0.39 is 0 Å². The quantitative estimate of drug-likeness (QED) is 0.755. The molecule has 4 rings (SSSR count). The average Bonchev–Trinajstić information content (AvgIpc) is 3.29. The molecule has 0 aliphatic carbocycles. The molecule has 0 bridgehead atoms. The Labute approximate surface area is 132 Å². The third kappa shape index (κ3) is 2.48. The number of aromatic amines is 1. The Morgan fingerprint density at radius 3 is 3.17 bits per heavy atom. The summed E-state index contributed by atoms with van der Waals surface area (Å²) >= 11 is 0. The van der Waals surface area contributed by atoms with Crippen molar-refractivity contribution in [3.8, 4) is 6.01 Å². The van der Waals surface area contributed by atoms with Crippen LogP contribution in [0.2, 0.25) is 0 Å². The van der Waals surface area contributed by atoms with Crippen molar-refractivity contribution in [1.29, 1.82) is 0 Å². The van der Waals surface area contributed by atoms with E-state index in [9.17, 15) is 0 Å². The minimum absolute atomic E-state index is 0.103. The highest BCUT2D eigenvalue weighted by molar-refractivity contribution is 5.88. The summed E-state index contributed by atoms with van der Waals surface area (Å²) in [6, 6.07) is 2.26. The lowest BCUT2D eigenvalue weighted by Crippen LogP contribution is -1.96. The van der Waals surface area contributed by atoms with Crippen LogP contribution in [0.15, 0.2) is 12.3 Å². The van der Waals surface area contributed by atoms with Gasteiger partial charge in [0.15, 0.2) is 17.3 Å². The Bertz CT molecular complexity index is 835. The average molecular weight is 315 g/mol. The molecular formula is C14H17N7O2. The van der Waals surface area contributed by atoms with E-state index in [-0.39, 0.29) is 6.10 Å². The minimum Gasteiger partial charge on any atom is -0.467 e. The minimum atomic E-state index is 0.103. The van der Waals surface area contributed by atoms with Crippen LogP contribution in [0.4, 0.5) is 11.6 Å². The monoisotopic (exact) mass is 315 g/mol. The van der Waals surface area contributed by atoms with Crippen molar-refractivity contribution < 1.29 is 9.47 Å². The van der Waals surface area contributed by atoms with E-state index in [1.165, 1.54) is 7.11 Å². The van der Waals surface area contributed by atoms with Crippen molar-refractivity contribution in [2.24, 2.45) is 7.05 Å². The van der Waals surface area contributed by atoms with Gasteiger partial charge in [-0.3, -0.25) is 5.10 Å². The van der Waals surface area contributed by atoms with Crippen molar-refractivity contribution in [3.05, 3.63) is 18.0 Å². The molecule has 0 amide bonds. The molecule has 0 spiro atoms. The number of methoxy groups -OCH3 is 1. The molecule has 23 heavy (non-hydrogen) atoms. The highest BCUT2D eigenvalue weighted by Crippen LogP contribution is 2.29. The molecule has 120 valence electrons. The SMILES string of the molecule is COc1ncc2c(Nc3cc([C@H]4CCCO4)[nH]n3)nn(C)c2n1. The molecule has 1 aliphatic rings. The largest absolute Gasteiger partial charge is 0.467 e. The smallest absolute Gasteiger partial charge is 0.318 e. The van der Waals surface area contributed by atoms with Crippen molar-refractivity contribution in [2.45, 2.75) is 18.9 Å². The van der Waals surface area contributed by atoms with E-state index >= 15 is 0 Å². The summed E-state index contributed by atoms with van der Waals surface area (Å²) in [5.41, 5.74) is 1.66. The number of nitrogens with zero attached hydrogens (tertiary/aromatic N) is 5. The number of anilines is 2. The predicted octanol–water partition coefficient (Wildman–Crippen LogP) is 1.69. The van der Waals surface area contributed by atoms with E-state index in [2.05, 4.69) is 30.6 Å². The van der Waals surface area contributed by atoms with Crippen LogP contribution in [0.1, 0.15) is 24.6 Å². The van der Waals surface area contributed by atoms with Crippen molar-refractivity contribution in [2.75, 3.05) is 19.0 Å². The lowest BCUT2D eigenvalue weighted by Gasteiger charge is -2.04. The molecule has 0 saturated carbocycles. The van der Waals surface area contributed by atoms with Crippen LogP contribution in [0.25, 0.3) is 11.0 Å². The third-order valence-corrected chi connectivity index (χ3v) is 3.86. The Morgan fingerprint density at radius 1 is 1.48 bits per heavy atom. The Hall–Kier alpha value is -2.68. The van der Waals surface area contributed by atoms with Crippen molar-refractivity contribution >= 4 is 22.7 Å². The van der Waals surface area contributed by atoms with Gasteiger partial charge >= 0.3 is 6.01 Å². The van der Waals surface area contributed by atoms with Gasteiger partial charge < -0.3 is 14.8 Å². The van der Waals surface area contributed by atoms with Gasteiger partial charge in [-0.2, -0.15) is 15.2 Å². The third-order valence-electron chi connectivity index (χ3n) is 3.86. The normalized spacial score (nSPS) is 17.7. The molecule has 1 saturated heterocycles. The molecule has 0 unspecified atom stereocenters. The van der Waals surface area contributed by atoms with Gasteiger partial charge in [0, 0.05) is 25.9 Å². The lowest BCUT2D eigenvalue weighted by molar-refractivity contribution is 0.108. The highest BCUT2D eigenvalue weighted by Gasteiger charge is 2.20. The van der Waals surface area contributed by atoms with Gasteiger partial charge in [-0.1, -0.05) is 0 Å². The lowest BCUT2D eigenvalue weighted by atomic mass is 10.2. The van der Waals surface area contributed by atoms with E-state index in [4.69, 9.17) is 9.47 Å². The predicted molar refractivity (Wildman–Crippen MR) is 82.7 cm³/mol. The summed E-state index contributed by atoms with van der Waals surface area (Å²) in [5, 5.41) is 15.7. The number of hydrogen-bond donors (Lipinski definition) is 2. The van der Waals surface area contributed by atoms with Gasteiger partial charge in [-0.05, 0) is 12.8 Å². The number of fused-ring (bicyclic) bond motifs is 1. The maximum atomic E-state index is 5.65.